The molecule has 0 spiro atoms. The third kappa shape index (κ3) is 4.27. The number of hydrogen-bond acceptors (Lipinski definition) is 2. The lowest BCUT2D eigenvalue weighted by molar-refractivity contribution is -0.127. The van der Waals surface area contributed by atoms with Crippen LogP contribution in [0, 0.1) is 5.82 Å². The molecule has 2 aromatic carbocycles. The lowest BCUT2D eigenvalue weighted by Crippen LogP contribution is -2.53. The zero-order valence-electron chi connectivity index (χ0n) is 15.8. The molecule has 1 aliphatic rings. The number of benzene rings is 2. The molecule has 3 amide bonds. The number of halogens is 1. The Kier molecular flexibility index (Phi) is 5.17. The average molecular weight is 369 g/mol. The molecule has 6 heteroatoms. The third-order valence-corrected chi connectivity index (χ3v) is 4.64. The van der Waals surface area contributed by atoms with Gasteiger partial charge < -0.3 is 15.5 Å². The van der Waals surface area contributed by atoms with E-state index in [1.165, 1.54) is 23.1 Å². The van der Waals surface area contributed by atoms with Crippen LogP contribution >= 0.6 is 0 Å². The number of piperazine rings is 1. The van der Waals surface area contributed by atoms with Crippen molar-refractivity contribution in [2.45, 2.75) is 32.2 Å². The molecule has 5 nitrogen and oxygen atoms in total. The fourth-order valence-electron chi connectivity index (χ4n) is 3.14. The normalized spacial score (nSPS) is 17.4. The largest absolute Gasteiger partial charge is 0.352 e. The van der Waals surface area contributed by atoms with E-state index in [1.807, 2.05) is 24.3 Å². The van der Waals surface area contributed by atoms with Crippen LogP contribution in [0.3, 0.4) is 0 Å². The lowest BCUT2D eigenvalue weighted by atomic mass is 9.87. The van der Waals surface area contributed by atoms with E-state index < -0.39 is 11.9 Å². The maximum absolute atomic E-state index is 13.6. The van der Waals surface area contributed by atoms with E-state index in [0.717, 1.165) is 5.56 Å². The fraction of sp³-hybridized carbons (Fsp3) is 0.333. The number of carbonyl (C=O) groups is 2. The Balaban J connectivity index is 1.80. The molecule has 0 saturated carbocycles. The summed E-state index contributed by atoms with van der Waals surface area (Å²) >= 11 is 0. The van der Waals surface area contributed by atoms with Gasteiger partial charge in [-0.05, 0) is 40.8 Å². The van der Waals surface area contributed by atoms with Crippen LogP contribution in [0.2, 0.25) is 0 Å². The molecule has 0 radical (unpaired) electrons. The van der Waals surface area contributed by atoms with Crippen LogP contribution in [-0.2, 0) is 10.2 Å². The molecular weight excluding hydrogens is 345 g/mol. The van der Waals surface area contributed by atoms with Gasteiger partial charge in [0.15, 0.2) is 0 Å². The van der Waals surface area contributed by atoms with Gasteiger partial charge in [-0.25, -0.2) is 9.18 Å². The average Bonchev–Trinajstić information content (AvgIpc) is 2.61. The lowest BCUT2D eigenvalue weighted by Gasteiger charge is -2.35. The van der Waals surface area contributed by atoms with Gasteiger partial charge in [0.1, 0.15) is 11.9 Å². The van der Waals surface area contributed by atoms with Gasteiger partial charge in [0.2, 0.25) is 5.91 Å². The summed E-state index contributed by atoms with van der Waals surface area (Å²) in [5.74, 6) is -0.755. The van der Waals surface area contributed by atoms with Gasteiger partial charge >= 0.3 is 6.03 Å². The zero-order chi connectivity index (χ0) is 19.6. The number of hydrogen-bond donors (Lipinski definition) is 2. The van der Waals surface area contributed by atoms with Crippen molar-refractivity contribution < 1.29 is 14.0 Å². The standard InChI is InChI=1S/C21H24FN3O2/c1-21(2,3)15-7-9-17(10-8-15)24-20(27)25-12-11-23-19(26)18(25)14-5-4-6-16(22)13-14/h4-10,13,18H,11-12H2,1-3H3,(H,23,26)(H,24,27). The highest BCUT2D eigenvalue weighted by molar-refractivity contribution is 5.95. The summed E-state index contributed by atoms with van der Waals surface area (Å²) in [6.45, 7) is 7.07. The Hall–Kier alpha value is -2.89. The van der Waals surface area contributed by atoms with Crippen LogP contribution in [0.4, 0.5) is 14.9 Å². The summed E-state index contributed by atoms with van der Waals surface area (Å²) in [5, 5.41) is 5.58. The summed E-state index contributed by atoms with van der Waals surface area (Å²) in [7, 11) is 0. The first-order valence-corrected chi connectivity index (χ1v) is 8.97. The summed E-state index contributed by atoms with van der Waals surface area (Å²) in [4.78, 5) is 26.6. The Morgan fingerprint density at radius 1 is 1.19 bits per heavy atom. The van der Waals surface area contributed by atoms with Crippen molar-refractivity contribution in [3.63, 3.8) is 0 Å². The number of nitrogens with one attached hydrogen (secondary N) is 2. The molecule has 2 N–H and O–H groups in total. The van der Waals surface area contributed by atoms with Gasteiger partial charge in [0.05, 0.1) is 0 Å². The first-order chi connectivity index (χ1) is 12.8. The van der Waals surface area contributed by atoms with Gasteiger partial charge in [-0.2, -0.15) is 0 Å². The van der Waals surface area contributed by atoms with Crippen LogP contribution < -0.4 is 10.6 Å². The second-order valence-corrected chi connectivity index (χ2v) is 7.70. The van der Waals surface area contributed by atoms with Crippen LogP contribution in [0.5, 0.6) is 0 Å². The maximum Gasteiger partial charge on any atom is 0.322 e. The molecule has 1 saturated heterocycles. The predicted molar refractivity (Wildman–Crippen MR) is 103 cm³/mol. The van der Waals surface area contributed by atoms with Gasteiger partial charge in [-0.15, -0.1) is 0 Å². The molecule has 27 heavy (non-hydrogen) atoms. The highest BCUT2D eigenvalue weighted by Crippen LogP contribution is 2.26. The minimum absolute atomic E-state index is 0.0238. The Labute approximate surface area is 158 Å². The van der Waals surface area contributed by atoms with E-state index in [2.05, 4.69) is 31.4 Å². The quantitative estimate of drug-likeness (QED) is 0.845. The van der Waals surface area contributed by atoms with Gasteiger partial charge in [-0.1, -0.05) is 45.0 Å². The molecule has 1 atom stereocenters. The molecule has 3 rings (SSSR count). The number of anilines is 1. The molecular formula is C21H24FN3O2. The van der Waals surface area contributed by atoms with Crippen molar-refractivity contribution in [2.75, 3.05) is 18.4 Å². The molecule has 0 aliphatic carbocycles. The highest BCUT2D eigenvalue weighted by Gasteiger charge is 2.34. The molecule has 1 unspecified atom stereocenters. The number of urea groups is 1. The predicted octanol–water partition coefficient (Wildman–Crippen LogP) is 3.83. The number of carbonyl (C=O) groups excluding carboxylic acids is 2. The van der Waals surface area contributed by atoms with Crippen LogP contribution in [0.25, 0.3) is 0 Å². The minimum atomic E-state index is -0.858. The van der Waals surface area contributed by atoms with E-state index in [4.69, 9.17) is 0 Å². The third-order valence-electron chi connectivity index (χ3n) is 4.64. The second kappa shape index (κ2) is 7.39. The van der Waals surface area contributed by atoms with Crippen molar-refractivity contribution in [3.8, 4) is 0 Å². The van der Waals surface area contributed by atoms with E-state index in [1.54, 1.807) is 6.07 Å². The Bertz CT molecular complexity index is 843. The SMILES string of the molecule is CC(C)(C)c1ccc(NC(=O)N2CCNC(=O)C2c2cccc(F)c2)cc1. The molecule has 1 fully saturated rings. The fourth-order valence-corrected chi connectivity index (χ4v) is 3.14. The number of amides is 3. The summed E-state index contributed by atoms with van der Waals surface area (Å²) < 4.78 is 13.6. The van der Waals surface area contributed by atoms with Crippen molar-refractivity contribution in [3.05, 3.63) is 65.5 Å². The number of rotatable bonds is 2. The van der Waals surface area contributed by atoms with Crippen molar-refractivity contribution in [1.29, 1.82) is 0 Å². The molecule has 1 heterocycles. The second-order valence-electron chi connectivity index (χ2n) is 7.70. The summed E-state index contributed by atoms with van der Waals surface area (Å²) in [6, 6.07) is 12.2. The first-order valence-electron chi connectivity index (χ1n) is 8.97. The summed E-state index contributed by atoms with van der Waals surface area (Å²) in [5.41, 5.74) is 2.29. The van der Waals surface area contributed by atoms with Gasteiger partial charge in [0, 0.05) is 18.8 Å². The van der Waals surface area contributed by atoms with Crippen LogP contribution in [0.15, 0.2) is 48.5 Å². The highest BCUT2D eigenvalue weighted by atomic mass is 19.1. The molecule has 0 bridgehead atoms. The first kappa shape index (κ1) is 18.9. The minimum Gasteiger partial charge on any atom is -0.352 e. The van der Waals surface area contributed by atoms with Gasteiger partial charge in [0.25, 0.3) is 0 Å². The van der Waals surface area contributed by atoms with Crippen molar-refractivity contribution in [1.82, 2.24) is 10.2 Å². The Morgan fingerprint density at radius 2 is 1.89 bits per heavy atom. The zero-order valence-corrected chi connectivity index (χ0v) is 15.8. The van der Waals surface area contributed by atoms with Crippen molar-refractivity contribution >= 4 is 17.6 Å². The molecule has 2 aromatic rings. The van der Waals surface area contributed by atoms with E-state index in [0.29, 0.717) is 24.3 Å². The van der Waals surface area contributed by atoms with Crippen molar-refractivity contribution in [2.24, 2.45) is 0 Å². The van der Waals surface area contributed by atoms with E-state index >= 15 is 0 Å². The molecule has 142 valence electrons. The summed E-state index contributed by atoms with van der Waals surface area (Å²) in [6.07, 6.45) is 0. The molecule has 0 aromatic heterocycles. The molecule has 1 aliphatic heterocycles. The smallest absolute Gasteiger partial charge is 0.322 e. The van der Waals surface area contributed by atoms with E-state index in [9.17, 15) is 14.0 Å². The Morgan fingerprint density at radius 3 is 2.52 bits per heavy atom. The number of nitrogens with zero attached hydrogens (tertiary/aromatic N) is 1. The topological polar surface area (TPSA) is 61.4 Å². The van der Waals surface area contributed by atoms with Crippen LogP contribution in [0.1, 0.15) is 37.9 Å². The van der Waals surface area contributed by atoms with Crippen LogP contribution in [-0.4, -0.2) is 29.9 Å². The van der Waals surface area contributed by atoms with Gasteiger partial charge in [-0.3, -0.25) is 4.79 Å². The van der Waals surface area contributed by atoms with E-state index in [-0.39, 0.29) is 17.4 Å². The monoisotopic (exact) mass is 369 g/mol. The maximum atomic E-state index is 13.6.